The molecule has 0 aliphatic rings. The molecule has 6 nitrogen and oxygen atoms in total. The standard InChI is InChI=1S/C18H10Br2N6/c19-11-1-5-13(6-2-11)23-17-18(24-14-7-3-12(20)4-8-14)26-16(10-22)15(9-21)25-17/h1-8H,(H,23,25)(H,24,26). The molecule has 0 saturated heterocycles. The molecule has 0 unspecified atom stereocenters. The molecular formula is C18H10Br2N6. The first kappa shape index (κ1) is 17.9. The van der Waals surface area contributed by atoms with Crippen LogP contribution in [0.3, 0.4) is 0 Å². The van der Waals surface area contributed by atoms with Crippen molar-refractivity contribution in [2.75, 3.05) is 10.6 Å². The molecule has 3 aromatic rings. The van der Waals surface area contributed by atoms with Crippen molar-refractivity contribution >= 4 is 54.9 Å². The summed E-state index contributed by atoms with van der Waals surface area (Å²) in [5.41, 5.74) is 1.48. The first-order valence-corrected chi connectivity index (χ1v) is 8.95. The van der Waals surface area contributed by atoms with Gasteiger partial charge in [-0.05, 0) is 48.5 Å². The van der Waals surface area contributed by atoms with Gasteiger partial charge in [-0.1, -0.05) is 31.9 Å². The van der Waals surface area contributed by atoms with Crippen molar-refractivity contribution in [1.82, 2.24) is 9.97 Å². The van der Waals surface area contributed by atoms with E-state index in [2.05, 4.69) is 52.5 Å². The summed E-state index contributed by atoms with van der Waals surface area (Å²) >= 11 is 6.77. The van der Waals surface area contributed by atoms with Gasteiger partial charge in [-0.3, -0.25) is 0 Å². The number of halogens is 2. The molecule has 0 aliphatic carbocycles. The van der Waals surface area contributed by atoms with Crippen molar-refractivity contribution in [3.63, 3.8) is 0 Å². The molecule has 126 valence electrons. The van der Waals surface area contributed by atoms with Crippen LogP contribution in [0.25, 0.3) is 0 Å². The van der Waals surface area contributed by atoms with E-state index in [4.69, 9.17) is 0 Å². The Morgan fingerprint density at radius 1 is 0.654 bits per heavy atom. The van der Waals surface area contributed by atoms with Gasteiger partial charge in [0.2, 0.25) is 0 Å². The number of hydrogen-bond donors (Lipinski definition) is 2. The second kappa shape index (κ2) is 7.96. The minimum absolute atomic E-state index is 0.0338. The van der Waals surface area contributed by atoms with Gasteiger partial charge in [-0.25, -0.2) is 9.97 Å². The molecule has 0 fully saturated rings. The molecule has 0 atom stereocenters. The van der Waals surface area contributed by atoms with Crippen LogP contribution in [-0.4, -0.2) is 9.97 Å². The minimum Gasteiger partial charge on any atom is -0.337 e. The second-order valence-corrected chi connectivity index (χ2v) is 6.94. The van der Waals surface area contributed by atoms with Gasteiger partial charge in [0.1, 0.15) is 12.1 Å². The predicted octanol–water partition coefficient (Wildman–Crippen LogP) is 5.23. The Bertz CT molecular complexity index is 933. The quantitative estimate of drug-likeness (QED) is 0.542. The number of rotatable bonds is 4. The molecule has 2 N–H and O–H groups in total. The maximum absolute atomic E-state index is 9.22. The van der Waals surface area contributed by atoms with Gasteiger partial charge in [-0.15, -0.1) is 0 Å². The Labute approximate surface area is 166 Å². The molecule has 0 saturated carbocycles. The summed E-state index contributed by atoms with van der Waals surface area (Å²) in [6.07, 6.45) is 0. The van der Waals surface area contributed by atoms with Crippen molar-refractivity contribution in [3.8, 4) is 12.1 Å². The molecule has 2 aromatic carbocycles. The number of aromatic nitrogens is 2. The summed E-state index contributed by atoms with van der Waals surface area (Å²) in [4.78, 5) is 8.51. The Morgan fingerprint density at radius 2 is 1.00 bits per heavy atom. The number of benzene rings is 2. The van der Waals surface area contributed by atoms with Crippen molar-refractivity contribution in [1.29, 1.82) is 10.5 Å². The van der Waals surface area contributed by atoms with Crippen molar-refractivity contribution in [3.05, 3.63) is 68.9 Å². The van der Waals surface area contributed by atoms with Crippen LogP contribution in [0.2, 0.25) is 0 Å². The zero-order chi connectivity index (χ0) is 18.5. The fraction of sp³-hybridized carbons (Fsp3) is 0. The lowest BCUT2D eigenvalue weighted by Crippen LogP contribution is -2.06. The van der Waals surface area contributed by atoms with Crippen molar-refractivity contribution < 1.29 is 0 Å². The zero-order valence-corrected chi connectivity index (χ0v) is 16.3. The first-order chi connectivity index (χ1) is 12.6. The highest BCUT2D eigenvalue weighted by molar-refractivity contribution is 9.10. The van der Waals surface area contributed by atoms with E-state index in [9.17, 15) is 10.5 Å². The Balaban J connectivity index is 2.02. The maximum Gasteiger partial charge on any atom is 0.179 e. The van der Waals surface area contributed by atoms with Gasteiger partial charge >= 0.3 is 0 Å². The highest BCUT2D eigenvalue weighted by atomic mass is 79.9. The van der Waals surface area contributed by atoms with Gasteiger partial charge < -0.3 is 10.6 Å². The zero-order valence-electron chi connectivity index (χ0n) is 13.2. The lowest BCUT2D eigenvalue weighted by Gasteiger charge is -2.13. The summed E-state index contributed by atoms with van der Waals surface area (Å²) in [5.74, 6) is 0.705. The fourth-order valence-corrected chi connectivity index (χ4v) is 2.63. The van der Waals surface area contributed by atoms with E-state index < -0.39 is 0 Å². The third-order valence-electron chi connectivity index (χ3n) is 3.32. The van der Waals surface area contributed by atoms with Gasteiger partial charge in [0.25, 0.3) is 0 Å². The van der Waals surface area contributed by atoms with E-state index in [0.717, 1.165) is 20.3 Å². The summed E-state index contributed by atoms with van der Waals surface area (Å²) in [6.45, 7) is 0. The summed E-state index contributed by atoms with van der Waals surface area (Å²) in [6, 6.07) is 18.8. The lowest BCUT2D eigenvalue weighted by atomic mass is 10.3. The number of nitrogens with one attached hydrogen (secondary N) is 2. The van der Waals surface area contributed by atoms with E-state index in [1.54, 1.807) is 0 Å². The van der Waals surface area contributed by atoms with Crippen LogP contribution in [0.15, 0.2) is 57.5 Å². The lowest BCUT2D eigenvalue weighted by molar-refractivity contribution is 1.13. The van der Waals surface area contributed by atoms with Crippen LogP contribution in [0.4, 0.5) is 23.0 Å². The monoisotopic (exact) mass is 468 g/mol. The van der Waals surface area contributed by atoms with Gasteiger partial charge in [0.05, 0.1) is 0 Å². The maximum atomic E-state index is 9.22. The molecule has 0 bridgehead atoms. The average molecular weight is 470 g/mol. The molecule has 26 heavy (non-hydrogen) atoms. The van der Waals surface area contributed by atoms with Gasteiger partial charge in [0, 0.05) is 20.3 Å². The van der Waals surface area contributed by atoms with Crippen LogP contribution >= 0.6 is 31.9 Å². The van der Waals surface area contributed by atoms with Crippen molar-refractivity contribution in [2.24, 2.45) is 0 Å². The average Bonchev–Trinajstić information content (AvgIpc) is 2.66. The normalized spacial score (nSPS) is 9.85. The SMILES string of the molecule is N#Cc1nc(Nc2ccc(Br)cc2)c(Nc2ccc(Br)cc2)nc1C#N. The molecule has 1 heterocycles. The van der Waals surface area contributed by atoms with E-state index in [1.807, 2.05) is 60.7 Å². The topological polar surface area (TPSA) is 97.4 Å². The summed E-state index contributed by atoms with van der Waals surface area (Å²) in [5, 5.41) is 24.7. The second-order valence-electron chi connectivity index (χ2n) is 5.11. The third kappa shape index (κ3) is 4.17. The molecule has 0 radical (unpaired) electrons. The fourth-order valence-electron chi connectivity index (χ4n) is 2.11. The summed E-state index contributed by atoms with van der Waals surface area (Å²) in [7, 11) is 0. The molecule has 8 heteroatoms. The Morgan fingerprint density at radius 3 is 1.31 bits per heavy atom. The molecule has 0 spiro atoms. The highest BCUT2D eigenvalue weighted by Crippen LogP contribution is 2.27. The molecular weight excluding hydrogens is 460 g/mol. The van der Waals surface area contributed by atoms with E-state index >= 15 is 0 Å². The van der Waals surface area contributed by atoms with Crippen LogP contribution in [-0.2, 0) is 0 Å². The largest absolute Gasteiger partial charge is 0.337 e. The number of nitrogens with zero attached hydrogens (tertiary/aromatic N) is 4. The molecule has 0 aliphatic heterocycles. The van der Waals surface area contributed by atoms with Crippen LogP contribution < -0.4 is 10.6 Å². The number of hydrogen-bond acceptors (Lipinski definition) is 6. The molecule has 1 aromatic heterocycles. The van der Waals surface area contributed by atoms with Crippen LogP contribution in [0.5, 0.6) is 0 Å². The summed E-state index contributed by atoms with van der Waals surface area (Å²) < 4.78 is 1.89. The highest BCUT2D eigenvalue weighted by Gasteiger charge is 2.14. The van der Waals surface area contributed by atoms with Crippen molar-refractivity contribution in [2.45, 2.75) is 0 Å². The first-order valence-electron chi connectivity index (χ1n) is 7.36. The smallest absolute Gasteiger partial charge is 0.179 e. The Kier molecular flexibility index (Phi) is 5.47. The molecule has 3 rings (SSSR count). The van der Waals surface area contributed by atoms with E-state index in [1.165, 1.54) is 0 Å². The van der Waals surface area contributed by atoms with Crippen LogP contribution in [0, 0.1) is 22.7 Å². The third-order valence-corrected chi connectivity index (χ3v) is 4.38. The predicted molar refractivity (Wildman–Crippen MR) is 106 cm³/mol. The molecule has 0 amide bonds. The van der Waals surface area contributed by atoms with Gasteiger partial charge in [0.15, 0.2) is 23.0 Å². The van der Waals surface area contributed by atoms with E-state index in [-0.39, 0.29) is 11.4 Å². The number of anilines is 4. The Hall–Kier alpha value is -2.94. The van der Waals surface area contributed by atoms with Gasteiger partial charge in [-0.2, -0.15) is 10.5 Å². The number of nitriles is 2. The van der Waals surface area contributed by atoms with Crippen LogP contribution in [0.1, 0.15) is 11.4 Å². The minimum atomic E-state index is -0.0338. The van der Waals surface area contributed by atoms with E-state index in [0.29, 0.717) is 11.6 Å².